The Morgan fingerprint density at radius 2 is 1.82 bits per heavy atom. The van der Waals surface area contributed by atoms with Gasteiger partial charge in [0, 0.05) is 12.4 Å². The molecule has 0 radical (unpaired) electrons. The number of benzene rings is 1. The Kier molecular flexibility index (Phi) is 5.18. The van der Waals surface area contributed by atoms with E-state index in [2.05, 4.69) is 19.4 Å². The minimum atomic E-state index is -3.49. The van der Waals surface area contributed by atoms with Crippen molar-refractivity contribution in [2.75, 3.05) is 7.11 Å². The Balaban J connectivity index is 1.95. The number of carbonyl (C=O) groups is 1. The molecule has 7 nitrogen and oxygen atoms in total. The van der Waals surface area contributed by atoms with Crippen LogP contribution in [0.25, 0.3) is 0 Å². The first-order chi connectivity index (χ1) is 10.5. The van der Waals surface area contributed by atoms with Gasteiger partial charge in [0.05, 0.1) is 25.0 Å². The number of nitrogens with one attached hydrogen (secondary N) is 1. The maximum absolute atomic E-state index is 12.0. The lowest BCUT2D eigenvalue weighted by molar-refractivity contribution is 0.0599. The number of hydrogen-bond acceptors (Lipinski definition) is 6. The van der Waals surface area contributed by atoms with Gasteiger partial charge in [-0.05, 0) is 5.56 Å². The van der Waals surface area contributed by atoms with E-state index in [4.69, 9.17) is 0 Å². The monoisotopic (exact) mass is 321 g/mol. The molecule has 0 bridgehead atoms. The summed E-state index contributed by atoms with van der Waals surface area (Å²) in [6.45, 7) is -0.0450. The topological polar surface area (TPSA) is 98.2 Å². The van der Waals surface area contributed by atoms with E-state index in [0.29, 0.717) is 5.56 Å². The molecule has 0 fully saturated rings. The summed E-state index contributed by atoms with van der Waals surface area (Å²) in [4.78, 5) is 19.1. The largest absolute Gasteiger partial charge is 0.465 e. The summed E-state index contributed by atoms with van der Waals surface area (Å²) in [6, 6.07) is 8.85. The maximum Gasteiger partial charge on any atom is 0.341 e. The summed E-state index contributed by atoms with van der Waals surface area (Å²) < 4.78 is 30.9. The molecule has 0 aliphatic rings. The fraction of sp³-hybridized carbons (Fsp3) is 0.214. The van der Waals surface area contributed by atoms with Crippen molar-refractivity contribution in [2.24, 2.45) is 0 Å². The highest BCUT2D eigenvalue weighted by Crippen LogP contribution is 2.05. The van der Waals surface area contributed by atoms with E-state index < -0.39 is 16.0 Å². The number of aromatic nitrogens is 2. The summed E-state index contributed by atoms with van der Waals surface area (Å²) in [6.07, 6.45) is 2.58. The van der Waals surface area contributed by atoms with Crippen LogP contribution in [-0.2, 0) is 27.1 Å². The first-order valence-electron chi connectivity index (χ1n) is 6.40. The molecule has 116 valence electrons. The number of sulfonamides is 1. The quantitative estimate of drug-likeness (QED) is 0.793. The highest BCUT2D eigenvalue weighted by atomic mass is 32.2. The highest BCUT2D eigenvalue weighted by molar-refractivity contribution is 7.88. The zero-order valence-electron chi connectivity index (χ0n) is 11.9. The molecule has 0 aliphatic carbocycles. The van der Waals surface area contributed by atoms with E-state index >= 15 is 0 Å². The normalized spacial score (nSPS) is 11.1. The van der Waals surface area contributed by atoms with E-state index in [0.717, 1.165) is 0 Å². The molecule has 1 aromatic carbocycles. The molecular formula is C14H15N3O4S. The standard InChI is InChI=1S/C14H15N3O4S/c1-21-14(18)12-7-15-13(16-8-12)9-17-22(19,20)10-11-5-3-2-4-6-11/h2-8,17H,9-10H2,1H3. The smallest absolute Gasteiger partial charge is 0.341 e. The average Bonchev–Trinajstić information content (AvgIpc) is 2.53. The molecule has 0 atom stereocenters. The van der Waals surface area contributed by atoms with Crippen LogP contribution in [0, 0.1) is 0 Å². The Labute approximate surface area is 128 Å². The van der Waals surface area contributed by atoms with Crippen molar-refractivity contribution in [2.45, 2.75) is 12.3 Å². The second-order valence-corrected chi connectivity index (χ2v) is 6.25. The summed E-state index contributed by atoms with van der Waals surface area (Å²) >= 11 is 0. The Morgan fingerprint density at radius 1 is 1.18 bits per heavy atom. The molecule has 0 spiro atoms. The molecule has 2 rings (SSSR count). The van der Waals surface area contributed by atoms with Crippen molar-refractivity contribution in [3.63, 3.8) is 0 Å². The van der Waals surface area contributed by atoms with Crippen LogP contribution in [0.2, 0.25) is 0 Å². The van der Waals surface area contributed by atoms with E-state index in [-0.39, 0.29) is 23.7 Å². The van der Waals surface area contributed by atoms with Crippen molar-refractivity contribution < 1.29 is 17.9 Å². The van der Waals surface area contributed by atoms with Crippen LogP contribution in [-0.4, -0.2) is 31.5 Å². The van der Waals surface area contributed by atoms with Gasteiger partial charge in [0.25, 0.3) is 0 Å². The van der Waals surface area contributed by atoms with Gasteiger partial charge in [0.15, 0.2) is 0 Å². The predicted molar refractivity (Wildman–Crippen MR) is 79.3 cm³/mol. The SMILES string of the molecule is COC(=O)c1cnc(CNS(=O)(=O)Cc2ccccc2)nc1. The number of ether oxygens (including phenoxy) is 1. The third-order valence-corrected chi connectivity index (χ3v) is 4.07. The molecular weight excluding hydrogens is 306 g/mol. The number of rotatable bonds is 6. The highest BCUT2D eigenvalue weighted by Gasteiger charge is 2.12. The number of nitrogens with zero attached hydrogens (tertiary/aromatic N) is 2. The third kappa shape index (κ3) is 4.61. The Hall–Kier alpha value is -2.32. The number of hydrogen-bond donors (Lipinski definition) is 1. The molecule has 0 saturated carbocycles. The van der Waals surface area contributed by atoms with Gasteiger partial charge in [-0.15, -0.1) is 0 Å². The Morgan fingerprint density at radius 3 is 2.41 bits per heavy atom. The van der Waals surface area contributed by atoms with Crippen LogP contribution in [0.3, 0.4) is 0 Å². The van der Waals surface area contributed by atoms with Gasteiger partial charge < -0.3 is 4.74 Å². The zero-order valence-corrected chi connectivity index (χ0v) is 12.7. The number of carbonyl (C=O) groups excluding carboxylic acids is 1. The van der Waals surface area contributed by atoms with E-state index in [1.165, 1.54) is 19.5 Å². The van der Waals surface area contributed by atoms with Crippen molar-refractivity contribution in [1.82, 2.24) is 14.7 Å². The molecule has 1 aromatic heterocycles. The second-order valence-electron chi connectivity index (χ2n) is 4.45. The molecule has 0 aliphatic heterocycles. The molecule has 2 aromatic rings. The average molecular weight is 321 g/mol. The van der Waals surface area contributed by atoms with E-state index in [1.54, 1.807) is 24.3 Å². The molecule has 1 heterocycles. The van der Waals surface area contributed by atoms with Crippen molar-refractivity contribution >= 4 is 16.0 Å². The van der Waals surface area contributed by atoms with Gasteiger partial charge in [-0.1, -0.05) is 30.3 Å². The first kappa shape index (κ1) is 16.1. The minimum Gasteiger partial charge on any atom is -0.465 e. The van der Waals surface area contributed by atoms with Gasteiger partial charge in [-0.25, -0.2) is 27.9 Å². The summed E-state index contributed by atoms with van der Waals surface area (Å²) in [7, 11) is -2.23. The second kappa shape index (κ2) is 7.10. The summed E-state index contributed by atoms with van der Waals surface area (Å²) in [5.41, 5.74) is 0.898. The number of esters is 1. The predicted octanol–water partition coefficient (Wildman–Crippen LogP) is 0.883. The van der Waals surface area contributed by atoms with Crippen molar-refractivity contribution in [3.05, 3.63) is 59.7 Å². The van der Waals surface area contributed by atoms with Crippen molar-refractivity contribution in [3.8, 4) is 0 Å². The Bertz CT molecular complexity index is 730. The summed E-state index contributed by atoms with van der Waals surface area (Å²) in [5, 5.41) is 0. The first-order valence-corrected chi connectivity index (χ1v) is 8.06. The van der Waals surface area contributed by atoms with Gasteiger partial charge in [0.2, 0.25) is 10.0 Å². The van der Waals surface area contributed by atoms with Crippen LogP contribution in [0.1, 0.15) is 21.7 Å². The van der Waals surface area contributed by atoms with E-state index in [9.17, 15) is 13.2 Å². The minimum absolute atomic E-state index is 0.0450. The lowest BCUT2D eigenvalue weighted by Crippen LogP contribution is -2.25. The van der Waals surface area contributed by atoms with Gasteiger partial charge >= 0.3 is 5.97 Å². The molecule has 0 saturated heterocycles. The molecule has 1 N–H and O–H groups in total. The lowest BCUT2D eigenvalue weighted by Gasteiger charge is -2.06. The lowest BCUT2D eigenvalue weighted by atomic mass is 10.2. The maximum atomic E-state index is 12.0. The van der Waals surface area contributed by atoms with Gasteiger partial charge in [-0.3, -0.25) is 0 Å². The van der Waals surface area contributed by atoms with E-state index in [1.807, 2.05) is 6.07 Å². The number of methoxy groups -OCH3 is 1. The van der Waals surface area contributed by atoms with Crippen LogP contribution >= 0.6 is 0 Å². The van der Waals surface area contributed by atoms with Crippen LogP contribution in [0.15, 0.2) is 42.7 Å². The molecule has 0 amide bonds. The van der Waals surface area contributed by atoms with Crippen LogP contribution < -0.4 is 4.72 Å². The van der Waals surface area contributed by atoms with Crippen LogP contribution in [0.4, 0.5) is 0 Å². The van der Waals surface area contributed by atoms with Gasteiger partial charge in [-0.2, -0.15) is 0 Å². The summed E-state index contributed by atoms with van der Waals surface area (Å²) in [5.74, 6) is -0.394. The molecule has 8 heteroatoms. The van der Waals surface area contributed by atoms with Crippen LogP contribution in [0.5, 0.6) is 0 Å². The fourth-order valence-electron chi connectivity index (χ4n) is 1.69. The molecule has 22 heavy (non-hydrogen) atoms. The molecule has 0 unspecified atom stereocenters. The van der Waals surface area contributed by atoms with Crippen molar-refractivity contribution in [1.29, 1.82) is 0 Å². The fourth-order valence-corrected chi connectivity index (χ4v) is 2.77. The third-order valence-electron chi connectivity index (χ3n) is 2.78. The zero-order chi connectivity index (χ0) is 16.0. The van der Waals surface area contributed by atoms with Gasteiger partial charge in [0.1, 0.15) is 5.82 Å².